The fourth-order valence-corrected chi connectivity index (χ4v) is 0.951. The van der Waals surface area contributed by atoms with Gasteiger partial charge in [0, 0.05) is 13.3 Å². The topological polar surface area (TPSA) is 51.2 Å². The van der Waals surface area contributed by atoms with E-state index in [0.717, 1.165) is 5.56 Å². The molecule has 13 heavy (non-hydrogen) atoms. The second-order valence-corrected chi connectivity index (χ2v) is 2.73. The first-order valence-electron chi connectivity index (χ1n) is 3.93. The summed E-state index contributed by atoms with van der Waals surface area (Å²) >= 11 is 0. The summed E-state index contributed by atoms with van der Waals surface area (Å²) in [5.41, 5.74) is 1.71. The highest BCUT2D eigenvalue weighted by molar-refractivity contribution is 5.91. The number of pyridine rings is 1. The van der Waals surface area contributed by atoms with Crippen molar-refractivity contribution in [2.24, 2.45) is 0 Å². The van der Waals surface area contributed by atoms with E-state index in [2.05, 4.69) is 15.0 Å². The fourth-order valence-electron chi connectivity index (χ4n) is 0.951. The highest BCUT2D eigenvalue weighted by atomic mass is 16.5. The van der Waals surface area contributed by atoms with E-state index in [9.17, 15) is 4.79 Å². The number of aryl methyl sites for hydroxylation is 1. The molecule has 1 heterocycles. The molecule has 70 valence electrons. The minimum absolute atomic E-state index is 0.0634. The predicted octanol–water partition coefficient (Wildman–Crippen LogP) is 0.975. The number of hydrogen-bond acceptors (Lipinski definition) is 3. The number of aromatic nitrogens is 1. The van der Waals surface area contributed by atoms with Crippen LogP contribution in [0.3, 0.4) is 0 Å². The van der Waals surface area contributed by atoms with Gasteiger partial charge in [-0.2, -0.15) is 0 Å². The van der Waals surface area contributed by atoms with Crippen LogP contribution in [0.5, 0.6) is 0 Å². The summed E-state index contributed by atoms with van der Waals surface area (Å²) in [6.07, 6.45) is 3.33. The van der Waals surface area contributed by atoms with E-state index in [1.165, 1.54) is 7.11 Å². The molecule has 4 heteroatoms. The summed E-state index contributed by atoms with van der Waals surface area (Å²) in [5.74, 6) is -0.171. The van der Waals surface area contributed by atoms with Crippen LogP contribution in [-0.4, -0.2) is 24.6 Å². The van der Waals surface area contributed by atoms with E-state index in [4.69, 9.17) is 0 Å². The number of amides is 1. The van der Waals surface area contributed by atoms with Crippen molar-refractivity contribution in [3.8, 4) is 0 Å². The lowest BCUT2D eigenvalue weighted by molar-refractivity contribution is -0.119. The van der Waals surface area contributed by atoms with Crippen molar-refractivity contribution in [1.82, 2.24) is 4.98 Å². The van der Waals surface area contributed by atoms with Crippen molar-refractivity contribution in [1.29, 1.82) is 0 Å². The van der Waals surface area contributed by atoms with Crippen molar-refractivity contribution in [2.75, 3.05) is 19.0 Å². The Hall–Kier alpha value is -1.42. The molecule has 0 aliphatic carbocycles. The summed E-state index contributed by atoms with van der Waals surface area (Å²) in [4.78, 5) is 15.0. The Morgan fingerprint density at radius 3 is 3.00 bits per heavy atom. The van der Waals surface area contributed by atoms with Gasteiger partial charge in [-0.05, 0) is 18.6 Å². The maximum atomic E-state index is 11.1. The average molecular weight is 180 g/mol. The number of rotatable bonds is 3. The normalized spacial score (nSPS) is 9.69. The Morgan fingerprint density at radius 2 is 2.38 bits per heavy atom. The minimum Gasteiger partial charge on any atom is -0.375 e. The van der Waals surface area contributed by atoms with E-state index >= 15 is 0 Å². The summed E-state index contributed by atoms with van der Waals surface area (Å²) in [6.45, 7) is 1.98. The molecular formula is C9H12N2O2. The minimum atomic E-state index is -0.171. The molecule has 1 rings (SSSR count). The average Bonchev–Trinajstić information content (AvgIpc) is 2.04. The first-order chi connectivity index (χ1) is 6.22. The second kappa shape index (κ2) is 4.57. The zero-order valence-electron chi connectivity index (χ0n) is 7.70. The molecule has 4 nitrogen and oxygen atoms in total. The van der Waals surface area contributed by atoms with E-state index in [1.807, 2.05) is 13.0 Å². The highest BCUT2D eigenvalue weighted by Gasteiger charge is 2.00. The SMILES string of the molecule is COCC(=O)Nc1cncc(C)c1. The summed E-state index contributed by atoms with van der Waals surface area (Å²) in [6, 6.07) is 1.85. The van der Waals surface area contributed by atoms with Crippen molar-refractivity contribution < 1.29 is 9.53 Å². The molecule has 1 aromatic heterocycles. The predicted molar refractivity (Wildman–Crippen MR) is 49.5 cm³/mol. The second-order valence-electron chi connectivity index (χ2n) is 2.73. The molecule has 0 aliphatic rings. The summed E-state index contributed by atoms with van der Waals surface area (Å²) in [7, 11) is 1.48. The lowest BCUT2D eigenvalue weighted by atomic mass is 10.3. The molecule has 0 aromatic carbocycles. The van der Waals surface area contributed by atoms with Crippen LogP contribution in [0.1, 0.15) is 5.56 Å². The third-order valence-electron chi connectivity index (χ3n) is 1.43. The van der Waals surface area contributed by atoms with Gasteiger partial charge in [-0.1, -0.05) is 0 Å². The van der Waals surface area contributed by atoms with Crippen molar-refractivity contribution >= 4 is 11.6 Å². The van der Waals surface area contributed by atoms with Gasteiger partial charge >= 0.3 is 0 Å². The lowest BCUT2D eigenvalue weighted by Gasteiger charge is -2.03. The van der Waals surface area contributed by atoms with Gasteiger partial charge in [-0.25, -0.2) is 0 Å². The maximum absolute atomic E-state index is 11.1. The molecule has 1 N–H and O–H groups in total. The number of ether oxygens (including phenoxy) is 1. The molecule has 0 saturated heterocycles. The summed E-state index contributed by atoms with van der Waals surface area (Å²) < 4.78 is 4.67. The van der Waals surface area contributed by atoms with Crippen LogP contribution in [0.25, 0.3) is 0 Å². The Bertz CT molecular complexity index is 299. The first-order valence-corrected chi connectivity index (χ1v) is 3.93. The number of methoxy groups -OCH3 is 1. The number of anilines is 1. The van der Waals surface area contributed by atoms with Crippen LogP contribution in [0, 0.1) is 6.92 Å². The fraction of sp³-hybridized carbons (Fsp3) is 0.333. The van der Waals surface area contributed by atoms with E-state index < -0.39 is 0 Å². The number of carbonyl (C=O) groups excluding carboxylic acids is 1. The molecular weight excluding hydrogens is 168 g/mol. The molecule has 0 bridgehead atoms. The van der Waals surface area contributed by atoms with Gasteiger partial charge in [0.2, 0.25) is 5.91 Å². The number of nitrogens with zero attached hydrogens (tertiary/aromatic N) is 1. The number of hydrogen-bond donors (Lipinski definition) is 1. The molecule has 0 aliphatic heterocycles. The molecule has 0 unspecified atom stereocenters. The smallest absolute Gasteiger partial charge is 0.250 e. The summed E-state index contributed by atoms with van der Waals surface area (Å²) in [5, 5.41) is 2.66. The van der Waals surface area contributed by atoms with Gasteiger partial charge in [0.25, 0.3) is 0 Å². The quantitative estimate of drug-likeness (QED) is 0.754. The Morgan fingerprint density at radius 1 is 1.62 bits per heavy atom. The molecule has 1 amide bonds. The standard InChI is InChI=1S/C9H12N2O2/c1-7-3-8(5-10-4-7)11-9(12)6-13-2/h3-5H,6H2,1-2H3,(H,11,12). The third kappa shape index (κ3) is 3.21. The van der Waals surface area contributed by atoms with Gasteiger partial charge in [0.1, 0.15) is 6.61 Å². The van der Waals surface area contributed by atoms with Crippen LogP contribution in [0.4, 0.5) is 5.69 Å². The lowest BCUT2D eigenvalue weighted by Crippen LogP contribution is -2.17. The molecule has 0 fully saturated rings. The Balaban J connectivity index is 2.58. The maximum Gasteiger partial charge on any atom is 0.250 e. The van der Waals surface area contributed by atoms with Crippen molar-refractivity contribution in [2.45, 2.75) is 6.92 Å². The molecule has 0 saturated carbocycles. The van der Waals surface area contributed by atoms with Gasteiger partial charge < -0.3 is 10.1 Å². The van der Waals surface area contributed by atoms with Gasteiger partial charge in [-0.3, -0.25) is 9.78 Å². The van der Waals surface area contributed by atoms with Gasteiger partial charge in [0.15, 0.2) is 0 Å². The largest absolute Gasteiger partial charge is 0.375 e. The molecule has 0 atom stereocenters. The Labute approximate surface area is 76.9 Å². The van der Waals surface area contributed by atoms with Crippen LogP contribution in [0.15, 0.2) is 18.5 Å². The van der Waals surface area contributed by atoms with Crippen molar-refractivity contribution in [3.05, 3.63) is 24.0 Å². The van der Waals surface area contributed by atoms with E-state index in [1.54, 1.807) is 12.4 Å². The number of carbonyl (C=O) groups is 1. The van der Waals surface area contributed by atoms with Gasteiger partial charge in [0.05, 0.1) is 11.9 Å². The van der Waals surface area contributed by atoms with Gasteiger partial charge in [-0.15, -0.1) is 0 Å². The third-order valence-corrected chi connectivity index (χ3v) is 1.43. The molecule has 0 spiro atoms. The van der Waals surface area contributed by atoms with Crippen LogP contribution >= 0.6 is 0 Å². The van der Waals surface area contributed by atoms with Crippen molar-refractivity contribution in [3.63, 3.8) is 0 Å². The van der Waals surface area contributed by atoms with E-state index in [-0.39, 0.29) is 12.5 Å². The molecule has 1 aromatic rings. The van der Waals surface area contributed by atoms with Crippen LogP contribution < -0.4 is 5.32 Å². The molecule has 0 radical (unpaired) electrons. The van der Waals surface area contributed by atoms with E-state index in [0.29, 0.717) is 5.69 Å². The van der Waals surface area contributed by atoms with Crippen LogP contribution in [0.2, 0.25) is 0 Å². The number of nitrogens with one attached hydrogen (secondary N) is 1. The monoisotopic (exact) mass is 180 g/mol. The Kier molecular flexibility index (Phi) is 3.40. The zero-order valence-corrected chi connectivity index (χ0v) is 7.70. The highest BCUT2D eigenvalue weighted by Crippen LogP contribution is 2.06. The van der Waals surface area contributed by atoms with Crippen LogP contribution in [-0.2, 0) is 9.53 Å². The zero-order chi connectivity index (χ0) is 9.68. The first kappa shape index (κ1) is 9.67.